The SMILES string of the molecule is CCC(NC(=O)CNCC(F)(F)F)c1nccs1. The fraction of sp³-hybridized carbons (Fsp3) is 0.600. The molecule has 1 atom stereocenters. The predicted octanol–water partition coefficient (Wildman–Crippen LogP) is 1.86. The van der Waals surface area contributed by atoms with Crippen molar-refractivity contribution >= 4 is 17.2 Å². The maximum Gasteiger partial charge on any atom is 0.401 e. The summed E-state index contributed by atoms with van der Waals surface area (Å²) >= 11 is 1.40. The van der Waals surface area contributed by atoms with E-state index in [0.29, 0.717) is 6.42 Å². The van der Waals surface area contributed by atoms with E-state index in [4.69, 9.17) is 0 Å². The number of nitrogens with zero attached hydrogens (tertiary/aromatic N) is 1. The van der Waals surface area contributed by atoms with Crippen molar-refractivity contribution in [1.29, 1.82) is 0 Å². The molecule has 1 rings (SSSR count). The molecular formula is C10H14F3N3OS. The van der Waals surface area contributed by atoms with E-state index in [1.54, 1.807) is 11.6 Å². The van der Waals surface area contributed by atoms with Gasteiger partial charge < -0.3 is 10.6 Å². The molecule has 0 aromatic carbocycles. The summed E-state index contributed by atoms with van der Waals surface area (Å²) in [4.78, 5) is 15.5. The first-order valence-electron chi connectivity index (χ1n) is 5.38. The number of rotatable bonds is 6. The van der Waals surface area contributed by atoms with Crippen LogP contribution in [0.3, 0.4) is 0 Å². The zero-order valence-corrected chi connectivity index (χ0v) is 10.6. The van der Waals surface area contributed by atoms with Gasteiger partial charge in [-0.15, -0.1) is 11.3 Å². The Labute approximate surface area is 107 Å². The minimum atomic E-state index is -4.31. The molecule has 1 aromatic heterocycles. The summed E-state index contributed by atoms with van der Waals surface area (Å²) in [7, 11) is 0. The summed E-state index contributed by atoms with van der Waals surface area (Å²) in [6, 6.07) is -0.245. The van der Waals surface area contributed by atoms with Crippen LogP contribution >= 0.6 is 11.3 Å². The lowest BCUT2D eigenvalue weighted by Gasteiger charge is -2.15. The molecule has 0 aliphatic heterocycles. The number of nitrogens with one attached hydrogen (secondary N) is 2. The van der Waals surface area contributed by atoms with Gasteiger partial charge in [-0.1, -0.05) is 6.92 Å². The van der Waals surface area contributed by atoms with Crippen LogP contribution in [0.5, 0.6) is 0 Å². The van der Waals surface area contributed by atoms with E-state index in [2.05, 4.69) is 10.3 Å². The summed E-state index contributed by atoms with van der Waals surface area (Å²) in [5.74, 6) is -0.471. The number of halogens is 3. The van der Waals surface area contributed by atoms with Gasteiger partial charge in [0.25, 0.3) is 0 Å². The second kappa shape index (κ2) is 6.69. The number of hydrogen-bond acceptors (Lipinski definition) is 4. The number of hydrogen-bond donors (Lipinski definition) is 2. The van der Waals surface area contributed by atoms with Gasteiger partial charge in [-0.3, -0.25) is 4.79 Å². The van der Waals surface area contributed by atoms with Gasteiger partial charge in [0.05, 0.1) is 19.1 Å². The quantitative estimate of drug-likeness (QED) is 0.837. The van der Waals surface area contributed by atoms with Crippen LogP contribution in [-0.2, 0) is 4.79 Å². The van der Waals surface area contributed by atoms with Crippen LogP contribution in [0.15, 0.2) is 11.6 Å². The third-order valence-corrected chi connectivity index (χ3v) is 2.99. The summed E-state index contributed by atoms with van der Waals surface area (Å²) in [5, 5.41) is 7.22. The van der Waals surface area contributed by atoms with E-state index in [1.807, 2.05) is 12.2 Å². The molecule has 4 nitrogen and oxygen atoms in total. The summed E-state index contributed by atoms with van der Waals surface area (Å²) in [6.07, 6.45) is -2.05. The molecule has 1 heterocycles. The van der Waals surface area contributed by atoms with Crippen LogP contribution in [0.1, 0.15) is 24.4 Å². The second-order valence-corrected chi connectivity index (χ2v) is 4.54. The van der Waals surface area contributed by atoms with Crippen molar-refractivity contribution in [2.24, 2.45) is 0 Å². The molecule has 18 heavy (non-hydrogen) atoms. The summed E-state index contributed by atoms with van der Waals surface area (Å²) < 4.78 is 35.6. The molecule has 102 valence electrons. The fourth-order valence-electron chi connectivity index (χ4n) is 1.31. The van der Waals surface area contributed by atoms with Crippen molar-refractivity contribution in [1.82, 2.24) is 15.6 Å². The number of aromatic nitrogens is 1. The Balaban J connectivity index is 2.35. The van der Waals surface area contributed by atoms with E-state index in [-0.39, 0.29) is 12.6 Å². The van der Waals surface area contributed by atoms with E-state index in [1.165, 1.54) is 11.3 Å². The molecule has 0 saturated heterocycles. The first kappa shape index (κ1) is 14.9. The lowest BCUT2D eigenvalue weighted by Crippen LogP contribution is -2.39. The van der Waals surface area contributed by atoms with Gasteiger partial charge in [0.1, 0.15) is 5.01 Å². The highest BCUT2D eigenvalue weighted by molar-refractivity contribution is 7.09. The maximum atomic E-state index is 11.9. The van der Waals surface area contributed by atoms with Crippen LogP contribution in [0.4, 0.5) is 13.2 Å². The van der Waals surface area contributed by atoms with E-state index >= 15 is 0 Å². The van der Waals surface area contributed by atoms with E-state index < -0.39 is 18.6 Å². The van der Waals surface area contributed by atoms with Gasteiger partial charge in [0.15, 0.2) is 0 Å². The molecule has 0 saturated carbocycles. The Bertz CT molecular complexity index is 367. The first-order chi connectivity index (χ1) is 8.42. The van der Waals surface area contributed by atoms with Gasteiger partial charge in [-0.25, -0.2) is 4.98 Å². The standard InChI is InChI=1S/C10H14F3N3OS/c1-2-7(9-15-3-4-18-9)16-8(17)5-14-6-10(11,12)13/h3-4,7,14H,2,5-6H2,1H3,(H,16,17). The topological polar surface area (TPSA) is 54.0 Å². The highest BCUT2D eigenvalue weighted by atomic mass is 32.1. The highest BCUT2D eigenvalue weighted by Gasteiger charge is 2.26. The molecule has 2 N–H and O–H groups in total. The molecule has 0 spiro atoms. The van der Waals surface area contributed by atoms with Crippen LogP contribution in [0.25, 0.3) is 0 Å². The van der Waals surface area contributed by atoms with Gasteiger partial charge in [-0.2, -0.15) is 13.2 Å². The Hall–Kier alpha value is -1.15. The third-order valence-electron chi connectivity index (χ3n) is 2.10. The zero-order chi connectivity index (χ0) is 13.6. The van der Waals surface area contributed by atoms with E-state index in [9.17, 15) is 18.0 Å². The molecular weight excluding hydrogens is 267 g/mol. The number of carbonyl (C=O) groups is 1. The molecule has 1 amide bonds. The lowest BCUT2D eigenvalue weighted by molar-refractivity contribution is -0.128. The maximum absolute atomic E-state index is 11.9. The normalized spacial score (nSPS) is 13.3. The minimum absolute atomic E-state index is 0.245. The molecule has 0 aliphatic carbocycles. The van der Waals surface area contributed by atoms with Crippen molar-refractivity contribution in [3.63, 3.8) is 0 Å². The molecule has 1 aromatic rings. The second-order valence-electron chi connectivity index (χ2n) is 3.62. The molecule has 1 unspecified atom stereocenters. The molecule has 0 radical (unpaired) electrons. The van der Waals surface area contributed by atoms with Crippen molar-refractivity contribution in [2.75, 3.05) is 13.1 Å². The number of carbonyl (C=O) groups excluding carboxylic acids is 1. The highest BCUT2D eigenvalue weighted by Crippen LogP contribution is 2.18. The average molecular weight is 281 g/mol. The number of thiazole rings is 1. The van der Waals surface area contributed by atoms with Crippen LogP contribution < -0.4 is 10.6 Å². The third kappa shape index (κ3) is 5.46. The average Bonchev–Trinajstić information content (AvgIpc) is 2.77. The van der Waals surface area contributed by atoms with Crippen molar-refractivity contribution < 1.29 is 18.0 Å². The Kier molecular flexibility index (Phi) is 5.54. The van der Waals surface area contributed by atoms with Crippen LogP contribution in [0, 0.1) is 0 Å². The molecule has 0 aliphatic rings. The Morgan fingerprint density at radius 2 is 2.28 bits per heavy atom. The van der Waals surface area contributed by atoms with Gasteiger partial charge >= 0.3 is 6.18 Å². The summed E-state index contributed by atoms with van der Waals surface area (Å²) in [5.41, 5.74) is 0. The van der Waals surface area contributed by atoms with Gasteiger partial charge in [0, 0.05) is 11.6 Å². The smallest absolute Gasteiger partial charge is 0.346 e. The predicted molar refractivity (Wildman–Crippen MR) is 62.2 cm³/mol. The van der Waals surface area contributed by atoms with Crippen molar-refractivity contribution in [3.8, 4) is 0 Å². The first-order valence-corrected chi connectivity index (χ1v) is 6.26. The monoisotopic (exact) mass is 281 g/mol. The summed E-state index contributed by atoms with van der Waals surface area (Å²) in [6.45, 7) is 0.339. The Morgan fingerprint density at radius 3 is 2.78 bits per heavy atom. The zero-order valence-electron chi connectivity index (χ0n) is 9.75. The lowest BCUT2D eigenvalue weighted by atomic mass is 10.2. The van der Waals surface area contributed by atoms with Gasteiger partial charge in [0.2, 0.25) is 5.91 Å². The van der Waals surface area contributed by atoms with E-state index in [0.717, 1.165) is 5.01 Å². The number of amides is 1. The molecule has 0 fully saturated rings. The minimum Gasteiger partial charge on any atom is -0.346 e. The van der Waals surface area contributed by atoms with Crippen LogP contribution in [-0.4, -0.2) is 30.2 Å². The van der Waals surface area contributed by atoms with Crippen LogP contribution in [0.2, 0.25) is 0 Å². The molecule has 0 bridgehead atoms. The largest absolute Gasteiger partial charge is 0.401 e. The fourth-order valence-corrected chi connectivity index (χ4v) is 2.08. The van der Waals surface area contributed by atoms with Crippen molar-refractivity contribution in [2.45, 2.75) is 25.6 Å². The molecule has 8 heteroatoms. The van der Waals surface area contributed by atoms with Crippen molar-refractivity contribution in [3.05, 3.63) is 16.6 Å². The Morgan fingerprint density at radius 1 is 1.56 bits per heavy atom. The number of alkyl halides is 3. The van der Waals surface area contributed by atoms with Gasteiger partial charge in [-0.05, 0) is 6.42 Å².